The second-order valence-electron chi connectivity index (χ2n) is 6.87. The normalized spacial score (nSPS) is 18.5. The summed E-state index contributed by atoms with van der Waals surface area (Å²) >= 11 is 0. The molecule has 0 unspecified atom stereocenters. The van der Waals surface area contributed by atoms with E-state index in [1.165, 1.54) is 0 Å². The molecule has 1 aromatic rings. The number of ether oxygens (including phenoxy) is 1. The number of carbonyl (C=O) groups excluding carboxylic acids is 2. The first-order chi connectivity index (χ1) is 12.0. The number of carbonyl (C=O) groups is 2. The van der Waals surface area contributed by atoms with E-state index in [1.807, 2.05) is 36.1 Å². The van der Waals surface area contributed by atoms with E-state index in [1.54, 1.807) is 7.11 Å². The number of para-hydroxylation sites is 1. The van der Waals surface area contributed by atoms with Gasteiger partial charge in [-0.2, -0.15) is 0 Å². The van der Waals surface area contributed by atoms with Gasteiger partial charge in [0.1, 0.15) is 5.75 Å². The van der Waals surface area contributed by atoms with Crippen molar-refractivity contribution in [2.45, 2.75) is 52.0 Å². The number of nitrogens with one attached hydrogen (secondary N) is 1. The lowest BCUT2D eigenvalue weighted by atomic mass is 9.96. The van der Waals surface area contributed by atoms with Crippen LogP contribution in [0.1, 0.15) is 45.1 Å². The molecule has 2 atom stereocenters. The highest BCUT2D eigenvalue weighted by molar-refractivity contribution is 5.82. The predicted molar refractivity (Wildman–Crippen MR) is 98.5 cm³/mol. The second kappa shape index (κ2) is 9.44. The second-order valence-corrected chi connectivity index (χ2v) is 6.87. The lowest BCUT2D eigenvalue weighted by molar-refractivity contribution is -0.135. The average Bonchev–Trinajstić information content (AvgIpc) is 2.62. The fourth-order valence-corrected chi connectivity index (χ4v) is 3.41. The number of likely N-dealkylation sites (tertiary alicyclic amines) is 1. The fourth-order valence-electron chi connectivity index (χ4n) is 3.41. The van der Waals surface area contributed by atoms with Gasteiger partial charge in [0.15, 0.2) is 0 Å². The van der Waals surface area contributed by atoms with Crippen LogP contribution in [-0.2, 0) is 16.0 Å². The monoisotopic (exact) mass is 346 g/mol. The SMILES string of the molecule is CCC[C@@H](C)NC(=O)[C@H]1CCCN(C(=O)Cc2ccccc2OC)C1. The van der Waals surface area contributed by atoms with E-state index in [2.05, 4.69) is 12.2 Å². The third-order valence-electron chi connectivity index (χ3n) is 4.79. The van der Waals surface area contributed by atoms with Crippen molar-refractivity contribution in [1.29, 1.82) is 0 Å². The van der Waals surface area contributed by atoms with Gasteiger partial charge in [-0.15, -0.1) is 0 Å². The Morgan fingerprint density at radius 1 is 1.36 bits per heavy atom. The molecule has 1 aliphatic rings. The maximum atomic E-state index is 12.7. The number of amides is 2. The Morgan fingerprint density at radius 2 is 2.12 bits per heavy atom. The van der Waals surface area contributed by atoms with Crippen LogP contribution in [0, 0.1) is 5.92 Å². The molecule has 1 heterocycles. The van der Waals surface area contributed by atoms with Crippen LogP contribution in [0.25, 0.3) is 0 Å². The lowest BCUT2D eigenvalue weighted by Gasteiger charge is -2.33. The Hall–Kier alpha value is -2.04. The van der Waals surface area contributed by atoms with Gasteiger partial charge in [-0.05, 0) is 32.3 Å². The molecule has 0 saturated carbocycles. The van der Waals surface area contributed by atoms with Crippen molar-refractivity contribution in [1.82, 2.24) is 10.2 Å². The number of hydrogen-bond donors (Lipinski definition) is 1. The molecule has 1 aromatic carbocycles. The van der Waals surface area contributed by atoms with Crippen LogP contribution >= 0.6 is 0 Å². The molecule has 1 saturated heterocycles. The van der Waals surface area contributed by atoms with E-state index in [9.17, 15) is 9.59 Å². The van der Waals surface area contributed by atoms with Crippen LogP contribution in [0.3, 0.4) is 0 Å². The minimum atomic E-state index is -0.102. The van der Waals surface area contributed by atoms with E-state index in [-0.39, 0.29) is 23.8 Å². The predicted octanol–water partition coefficient (Wildman–Crippen LogP) is 2.78. The molecule has 138 valence electrons. The smallest absolute Gasteiger partial charge is 0.227 e. The van der Waals surface area contributed by atoms with Crippen LogP contribution in [0.15, 0.2) is 24.3 Å². The van der Waals surface area contributed by atoms with Gasteiger partial charge in [0.05, 0.1) is 19.4 Å². The van der Waals surface area contributed by atoms with E-state index < -0.39 is 0 Å². The number of piperidine rings is 1. The van der Waals surface area contributed by atoms with Crippen molar-refractivity contribution in [3.05, 3.63) is 29.8 Å². The quantitative estimate of drug-likeness (QED) is 0.826. The largest absolute Gasteiger partial charge is 0.496 e. The molecular weight excluding hydrogens is 316 g/mol. The Morgan fingerprint density at radius 3 is 2.84 bits per heavy atom. The summed E-state index contributed by atoms with van der Waals surface area (Å²) in [6.45, 7) is 5.39. The standard InChI is InChI=1S/C20H30N2O3/c1-4-8-15(2)21-20(24)17-10-7-12-22(14-17)19(23)13-16-9-5-6-11-18(16)25-3/h5-6,9,11,15,17H,4,7-8,10,12-14H2,1-3H3,(H,21,24)/t15-,17+/m1/s1. The molecule has 0 bridgehead atoms. The van der Waals surface area contributed by atoms with Crippen molar-refractivity contribution in [2.24, 2.45) is 5.92 Å². The molecule has 25 heavy (non-hydrogen) atoms. The topological polar surface area (TPSA) is 58.6 Å². The van der Waals surface area contributed by atoms with Gasteiger partial charge in [-0.25, -0.2) is 0 Å². The zero-order valence-electron chi connectivity index (χ0n) is 15.6. The maximum Gasteiger partial charge on any atom is 0.227 e. The summed E-state index contributed by atoms with van der Waals surface area (Å²) in [4.78, 5) is 26.9. The van der Waals surface area contributed by atoms with E-state index >= 15 is 0 Å². The molecule has 5 heteroatoms. The molecule has 1 aliphatic heterocycles. The highest BCUT2D eigenvalue weighted by Crippen LogP contribution is 2.21. The summed E-state index contributed by atoms with van der Waals surface area (Å²) < 4.78 is 5.32. The maximum absolute atomic E-state index is 12.7. The number of methoxy groups -OCH3 is 1. The van der Waals surface area contributed by atoms with Gasteiger partial charge in [-0.3, -0.25) is 9.59 Å². The van der Waals surface area contributed by atoms with Crippen molar-refractivity contribution >= 4 is 11.8 Å². The molecule has 0 aliphatic carbocycles. The highest BCUT2D eigenvalue weighted by Gasteiger charge is 2.29. The van der Waals surface area contributed by atoms with Gasteiger partial charge in [-0.1, -0.05) is 31.5 Å². The average molecular weight is 346 g/mol. The van der Waals surface area contributed by atoms with Gasteiger partial charge >= 0.3 is 0 Å². The molecule has 5 nitrogen and oxygen atoms in total. The Labute approximate surface area is 150 Å². The minimum Gasteiger partial charge on any atom is -0.496 e. The van der Waals surface area contributed by atoms with Gasteiger partial charge < -0.3 is 15.0 Å². The molecule has 2 rings (SSSR count). The van der Waals surface area contributed by atoms with Crippen LogP contribution in [-0.4, -0.2) is 43.0 Å². The zero-order chi connectivity index (χ0) is 18.2. The molecular formula is C20H30N2O3. The molecule has 0 radical (unpaired) electrons. The first kappa shape index (κ1) is 19.3. The van der Waals surface area contributed by atoms with E-state index in [4.69, 9.17) is 4.74 Å². The summed E-state index contributed by atoms with van der Waals surface area (Å²) in [5, 5.41) is 3.08. The summed E-state index contributed by atoms with van der Waals surface area (Å²) in [5.41, 5.74) is 0.887. The third-order valence-corrected chi connectivity index (χ3v) is 4.79. The van der Waals surface area contributed by atoms with Crippen molar-refractivity contribution in [3.63, 3.8) is 0 Å². The Bertz CT molecular complexity index is 588. The number of nitrogens with zero attached hydrogens (tertiary/aromatic N) is 1. The van der Waals surface area contributed by atoms with Crippen molar-refractivity contribution in [3.8, 4) is 5.75 Å². The molecule has 1 fully saturated rings. The summed E-state index contributed by atoms with van der Waals surface area (Å²) in [7, 11) is 1.61. The fraction of sp³-hybridized carbons (Fsp3) is 0.600. The number of hydrogen-bond acceptors (Lipinski definition) is 3. The van der Waals surface area contributed by atoms with Crippen LogP contribution in [0.2, 0.25) is 0 Å². The summed E-state index contributed by atoms with van der Waals surface area (Å²) in [6, 6.07) is 7.77. The summed E-state index contributed by atoms with van der Waals surface area (Å²) in [5.74, 6) is 0.768. The van der Waals surface area contributed by atoms with Crippen LogP contribution < -0.4 is 10.1 Å². The van der Waals surface area contributed by atoms with Crippen molar-refractivity contribution in [2.75, 3.05) is 20.2 Å². The van der Waals surface area contributed by atoms with Crippen molar-refractivity contribution < 1.29 is 14.3 Å². The minimum absolute atomic E-state index is 0.0589. The van der Waals surface area contributed by atoms with E-state index in [0.29, 0.717) is 13.0 Å². The molecule has 1 N–H and O–H groups in total. The first-order valence-corrected chi connectivity index (χ1v) is 9.25. The lowest BCUT2D eigenvalue weighted by Crippen LogP contribution is -2.47. The number of benzene rings is 1. The third kappa shape index (κ3) is 5.48. The summed E-state index contributed by atoms with van der Waals surface area (Å²) in [6.07, 6.45) is 4.07. The van der Waals surface area contributed by atoms with Crippen LogP contribution in [0.5, 0.6) is 5.75 Å². The molecule has 0 aromatic heterocycles. The van der Waals surface area contributed by atoms with Gasteiger partial charge in [0, 0.05) is 24.7 Å². The molecule has 0 spiro atoms. The highest BCUT2D eigenvalue weighted by atomic mass is 16.5. The van der Waals surface area contributed by atoms with Crippen LogP contribution in [0.4, 0.5) is 0 Å². The Balaban J connectivity index is 1.93. The van der Waals surface area contributed by atoms with Gasteiger partial charge in [0.25, 0.3) is 0 Å². The van der Waals surface area contributed by atoms with Gasteiger partial charge in [0.2, 0.25) is 11.8 Å². The van der Waals surface area contributed by atoms with E-state index in [0.717, 1.165) is 43.5 Å². The zero-order valence-corrected chi connectivity index (χ0v) is 15.6. The first-order valence-electron chi connectivity index (χ1n) is 9.25. The Kier molecular flexibility index (Phi) is 7.29. The number of rotatable bonds is 7. The molecule has 2 amide bonds.